The van der Waals surface area contributed by atoms with E-state index in [1.807, 2.05) is 31.2 Å². The zero-order chi connectivity index (χ0) is 26.2. The van der Waals surface area contributed by atoms with E-state index < -0.39 is 0 Å². The lowest BCUT2D eigenvalue weighted by atomic mass is 9.86. The summed E-state index contributed by atoms with van der Waals surface area (Å²) in [5.41, 5.74) is 2.50. The van der Waals surface area contributed by atoms with Crippen molar-refractivity contribution in [2.45, 2.75) is 58.7 Å². The van der Waals surface area contributed by atoms with Gasteiger partial charge in [0.05, 0.1) is 13.2 Å². The highest BCUT2D eigenvalue weighted by Crippen LogP contribution is 2.26. The SMILES string of the molecule is CC(=O)NC1CCC(Cn2nnc(-c3cc(C)nc(C(=O)NCc4cccc(OCCO)c4)c3)n2)CC1. The van der Waals surface area contributed by atoms with E-state index in [2.05, 4.69) is 31.0 Å². The molecule has 196 valence electrons. The molecular weight excluding hydrogens is 474 g/mol. The van der Waals surface area contributed by atoms with Crippen molar-refractivity contribution in [2.24, 2.45) is 5.92 Å². The molecule has 3 N–H and O–H groups in total. The summed E-state index contributed by atoms with van der Waals surface area (Å²) in [6.45, 7) is 4.49. The average Bonchev–Trinajstić information content (AvgIpc) is 3.35. The summed E-state index contributed by atoms with van der Waals surface area (Å²) >= 11 is 0. The minimum Gasteiger partial charge on any atom is -0.491 e. The van der Waals surface area contributed by atoms with Gasteiger partial charge in [-0.25, -0.2) is 4.98 Å². The molecular formula is C26H33N7O4. The van der Waals surface area contributed by atoms with Crippen LogP contribution in [0, 0.1) is 12.8 Å². The van der Waals surface area contributed by atoms with Gasteiger partial charge >= 0.3 is 0 Å². The van der Waals surface area contributed by atoms with Crippen LogP contribution in [0.25, 0.3) is 11.4 Å². The standard InChI is InChI=1S/C26H33N7O4/c1-17-12-21(25-30-32-33(31-25)16-19-6-8-22(9-7-19)29-18(2)35)14-24(28-17)26(36)27-15-20-4-3-5-23(13-20)37-11-10-34/h3-5,12-14,19,22,34H,6-11,15-16H2,1-2H3,(H,27,36)(H,29,35). The van der Waals surface area contributed by atoms with Crippen LogP contribution < -0.4 is 15.4 Å². The molecule has 0 unspecified atom stereocenters. The van der Waals surface area contributed by atoms with Crippen LogP contribution in [0.5, 0.6) is 5.75 Å². The number of pyridine rings is 1. The summed E-state index contributed by atoms with van der Waals surface area (Å²) in [6.07, 6.45) is 3.90. The summed E-state index contributed by atoms with van der Waals surface area (Å²) in [5, 5.41) is 27.8. The number of aromatic nitrogens is 5. The van der Waals surface area contributed by atoms with Crippen molar-refractivity contribution < 1.29 is 19.4 Å². The van der Waals surface area contributed by atoms with E-state index in [4.69, 9.17) is 9.84 Å². The molecule has 0 atom stereocenters. The first-order valence-electron chi connectivity index (χ1n) is 12.5. The number of tetrazole rings is 1. The molecule has 2 amide bonds. The maximum Gasteiger partial charge on any atom is 0.270 e. The van der Waals surface area contributed by atoms with Gasteiger partial charge in [0.2, 0.25) is 11.7 Å². The van der Waals surface area contributed by atoms with Crippen LogP contribution in [-0.2, 0) is 17.9 Å². The summed E-state index contributed by atoms with van der Waals surface area (Å²) in [7, 11) is 0. The lowest BCUT2D eigenvalue weighted by molar-refractivity contribution is -0.119. The number of benzene rings is 1. The summed E-state index contributed by atoms with van der Waals surface area (Å²) < 4.78 is 5.42. The molecule has 11 heteroatoms. The van der Waals surface area contributed by atoms with Crippen LogP contribution in [0.4, 0.5) is 0 Å². The number of ether oxygens (including phenoxy) is 1. The fourth-order valence-electron chi connectivity index (χ4n) is 4.54. The van der Waals surface area contributed by atoms with Gasteiger partial charge in [0.1, 0.15) is 18.1 Å². The Morgan fingerprint density at radius 2 is 1.97 bits per heavy atom. The van der Waals surface area contributed by atoms with Crippen LogP contribution in [-0.4, -0.2) is 61.4 Å². The smallest absolute Gasteiger partial charge is 0.270 e. The zero-order valence-corrected chi connectivity index (χ0v) is 21.2. The van der Waals surface area contributed by atoms with Gasteiger partial charge in [0.15, 0.2) is 0 Å². The fraction of sp³-hybridized carbons (Fsp3) is 0.462. The van der Waals surface area contributed by atoms with Gasteiger partial charge in [-0.2, -0.15) is 4.80 Å². The number of aliphatic hydroxyl groups excluding tert-OH is 1. The molecule has 0 aliphatic heterocycles. The first-order chi connectivity index (χ1) is 17.9. The van der Waals surface area contributed by atoms with E-state index >= 15 is 0 Å². The summed E-state index contributed by atoms with van der Waals surface area (Å²) in [4.78, 5) is 30.1. The molecule has 11 nitrogen and oxygen atoms in total. The van der Waals surface area contributed by atoms with E-state index in [-0.39, 0.29) is 36.8 Å². The third-order valence-corrected chi connectivity index (χ3v) is 6.28. The Hall–Kier alpha value is -3.86. The van der Waals surface area contributed by atoms with Crippen molar-refractivity contribution in [3.63, 3.8) is 0 Å². The van der Waals surface area contributed by atoms with E-state index in [9.17, 15) is 9.59 Å². The molecule has 3 aromatic rings. The molecule has 37 heavy (non-hydrogen) atoms. The van der Waals surface area contributed by atoms with Crippen molar-refractivity contribution in [3.05, 3.63) is 53.3 Å². The second-order valence-electron chi connectivity index (χ2n) is 9.37. The Labute approximate surface area is 215 Å². The van der Waals surface area contributed by atoms with Crippen molar-refractivity contribution in [1.29, 1.82) is 0 Å². The predicted molar refractivity (Wildman–Crippen MR) is 136 cm³/mol. The number of nitrogens with zero attached hydrogens (tertiary/aromatic N) is 5. The lowest BCUT2D eigenvalue weighted by Gasteiger charge is -2.28. The average molecular weight is 508 g/mol. The summed E-state index contributed by atoms with van der Waals surface area (Å²) in [5.74, 6) is 1.21. The second kappa shape index (κ2) is 12.4. The molecule has 1 fully saturated rings. The number of hydrogen-bond donors (Lipinski definition) is 3. The molecule has 4 rings (SSSR count). The Bertz CT molecular complexity index is 1220. The highest BCUT2D eigenvalue weighted by atomic mass is 16.5. The Morgan fingerprint density at radius 1 is 1.16 bits per heavy atom. The number of carbonyl (C=O) groups is 2. The third-order valence-electron chi connectivity index (χ3n) is 6.28. The predicted octanol–water partition coefficient (Wildman–Crippen LogP) is 2.04. The van der Waals surface area contributed by atoms with Crippen molar-refractivity contribution in [3.8, 4) is 17.1 Å². The van der Waals surface area contributed by atoms with E-state index in [1.165, 1.54) is 0 Å². The van der Waals surface area contributed by atoms with Gasteiger partial charge in [0, 0.05) is 30.8 Å². The van der Waals surface area contributed by atoms with Crippen molar-refractivity contribution in [1.82, 2.24) is 35.8 Å². The second-order valence-corrected chi connectivity index (χ2v) is 9.37. The highest BCUT2D eigenvalue weighted by molar-refractivity contribution is 5.93. The monoisotopic (exact) mass is 507 g/mol. The van der Waals surface area contributed by atoms with Gasteiger partial charge in [0.25, 0.3) is 5.91 Å². The largest absolute Gasteiger partial charge is 0.491 e. The van der Waals surface area contributed by atoms with Gasteiger partial charge in [-0.05, 0) is 73.6 Å². The maximum absolute atomic E-state index is 12.8. The molecule has 0 saturated heterocycles. The van der Waals surface area contributed by atoms with Crippen LogP contribution in [0.15, 0.2) is 36.4 Å². The summed E-state index contributed by atoms with van der Waals surface area (Å²) in [6, 6.07) is 11.1. The van der Waals surface area contributed by atoms with E-state index in [0.29, 0.717) is 41.8 Å². The molecule has 0 radical (unpaired) electrons. The number of amides is 2. The van der Waals surface area contributed by atoms with Crippen LogP contribution in [0.1, 0.15) is 54.4 Å². The normalized spacial score (nSPS) is 17.3. The van der Waals surface area contributed by atoms with Gasteiger partial charge in [-0.15, -0.1) is 10.2 Å². The number of aryl methyl sites for hydroxylation is 1. The van der Waals surface area contributed by atoms with Crippen LogP contribution in [0.2, 0.25) is 0 Å². The molecule has 1 saturated carbocycles. The number of hydrogen-bond acceptors (Lipinski definition) is 8. The van der Waals surface area contributed by atoms with Gasteiger partial charge in [-0.1, -0.05) is 12.1 Å². The maximum atomic E-state index is 12.8. The number of nitrogens with one attached hydrogen (secondary N) is 2. The van der Waals surface area contributed by atoms with Gasteiger partial charge in [-0.3, -0.25) is 9.59 Å². The molecule has 0 bridgehead atoms. The fourth-order valence-corrected chi connectivity index (χ4v) is 4.54. The van der Waals surface area contributed by atoms with Crippen LogP contribution in [0.3, 0.4) is 0 Å². The first kappa shape index (κ1) is 26.2. The van der Waals surface area contributed by atoms with Crippen LogP contribution >= 0.6 is 0 Å². The lowest BCUT2D eigenvalue weighted by Crippen LogP contribution is -2.36. The molecule has 0 spiro atoms. The van der Waals surface area contributed by atoms with E-state index in [0.717, 1.165) is 31.2 Å². The molecule has 1 aliphatic carbocycles. The van der Waals surface area contributed by atoms with Crippen molar-refractivity contribution in [2.75, 3.05) is 13.2 Å². The Morgan fingerprint density at radius 3 is 2.73 bits per heavy atom. The zero-order valence-electron chi connectivity index (χ0n) is 21.2. The molecule has 2 aromatic heterocycles. The highest BCUT2D eigenvalue weighted by Gasteiger charge is 2.23. The quantitative estimate of drug-likeness (QED) is 0.378. The number of aliphatic hydroxyl groups is 1. The van der Waals surface area contributed by atoms with E-state index in [1.54, 1.807) is 23.9 Å². The Kier molecular flexibility index (Phi) is 8.78. The molecule has 2 heterocycles. The number of carbonyl (C=O) groups excluding carboxylic acids is 2. The topological polar surface area (TPSA) is 144 Å². The number of rotatable bonds is 10. The molecule has 1 aromatic carbocycles. The Balaban J connectivity index is 1.36. The van der Waals surface area contributed by atoms with Gasteiger partial charge < -0.3 is 20.5 Å². The minimum absolute atomic E-state index is 0.0183. The minimum atomic E-state index is -0.310. The molecule has 1 aliphatic rings. The third kappa shape index (κ3) is 7.56. The van der Waals surface area contributed by atoms with Crippen molar-refractivity contribution >= 4 is 11.8 Å². The first-order valence-corrected chi connectivity index (χ1v) is 12.5.